The fraction of sp³-hybridized carbons (Fsp3) is 0.526. The molecule has 0 saturated heterocycles. The van der Waals surface area contributed by atoms with Crippen molar-refractivity contribution in [3.8, 4) is 0 Å². The maximum absolute atomic E-state index is 12.0. The highest BCUT2D eigenvalue weighted by Gasteiger charge is 2.14. The third kappa shape index (κ3) is 5.80. The van der Waals surface area contributed by atoms with Crippen molar-refractivity contribution in [3.63, 3.8) is 0 Å². The Bertz CT molecular complexity index is 637. The van der Waals surface area contributed by atoms with E-state index < -0.39 is 0 Å². The molecule has 0 unspecified atom stereocenters. The number of hydrogen-bond acceptors (Lipinski definition) is 3. The number of hydrogen-bond donors (Lipinski definition) is 2. The second-order valence-corrected chi connectivity index (χ2v) is 6.78. The first-order chi connectivity index (χ1) is 11.4. The van der Waals surface area contributed by atoms with Crippen molar-refractivity contribution in [1.29, 1.82) is 0 Å². The summed E-state index contributed by atoms with van der Waals surface area (Å²) in [5.74, 6) is 0.269. The second kappa shape index (κ2) is 8.62. The number of nitrogens with one attached hydrogen (secondary N) is 2. The molecule has 5 heteroatoms. The minimum Gasteiger partial charge on any atom is -0.326 e. The highest BCUT2D eigenvalue weighted by atomic mass is 16.2. The number of anilines is 1. The normalized spacial score (nSPS) is 19.1. The molecule has 0 bridgehead atoms. The summed E-state index contributed by atoms with van der Waals surface area (Å²) < 4.78 is 0. The third-order valence-corrected chi connectivity index (χ3v) is 4.32. The van der Waals surface area contributed by atoms with Crippen molar-refractivity contribution in [2.75, 3.05) is 5.32 Å². The molecule has 1 aliphatic rings. The van der Waals surface area contributed by atoms with Gasteiger partial charge in [-0.1, -0.05) is 24.6 Å². The SMILES string of the molecule is Cc1ccc(NC(=O)CCC(=O)N/N=C2/CCC[C@@H](C)C2)c(C)c1. The van der Waals surface area contributed by atoms with Crippen molar-refractivity contribution in [3.05, 3.63) is 29.3 Å². The number of hydrazone groups is 1. The molecule has 2 N–H and O–H groups in total. The van der Waals surface area contributed by atoms with Gasteiger partial charge in [-0.15, -0.1) is 0 Å². The second-order valence-electron chi connectivity index (χ2n) is 6.78. The first kappa shape index (κ1) is 18.2. The van der Waals surface area contributed by atoms with E-state index in [0.717, 1.165) is 41.8 Å². The van der Waals surface area contributed by atoms with Crippen molar-refractivity contribution in [1.82, 2.24) is 5.43 Å². The summed E-state index contributed by atoms with van der Waals surface area (Å²) in [6, 6.07) is 5.86. The molecular weight excluding hydrogens is 302 g/mol. The van der Waals surface area contributed by atoms with Crippen LogP contribution >= 0.6 is 0 Å². The van der Waals surface area contributed by atoms with Crippen LogP contribution in [-0.4, -0.2) is 17.5 Å². The molecule has 2 rings (SSSR count). The Balaban J connectivity index is 1.75. The van der Waals surface area contributed by atoms with E-state index in [9.17, 15) is 9.59 Å². The number of aryl methyl sites for hydroxylation is 2. The molecule has 1 atom stereocenters. The summed E-state index contributed by atoms with van der Waals surface area (Å²) in [4.78, 5) is 23.8. The molecule has 0 heterocycles. The van der Waals surface area contributed by atoms with Crippen molar-refractivity contribution in [2.24, 2.45) is 11.0 Å². The summed E-state index contributed by atoms with van der Waals surface area (Å²) in [5.41, 5.74) is 6.60. The van der Waals surface area contributed by atoms with Crippen LogP contribution in [0.15, 0.2) is 23.3 Å². The average Bonchev–Trinajstić information content (AvgIpc) is 2.54. The van der Waals surface area contributed by atoms with Crippen LogP contribution < -0.4 is 10.7 Å². The molecule has 24 heavy (non-hydrogen) atoms. The number of carbonyl (C=O) groups excluding carboxylic acids is 2. The van der Waals surface area contributed by atoms with Crippen LogP contribution in [-0.2, 0) is 9.59 Å². The van der Waals surface area contributed by atoms with E-state index in [0.29, 0.717) is 5.92 Å². The summed E-state index contributed by atoms with van der Waals surface area (Å²) in [5, 5.41) is 7.05. The molecule has 0 aromatic heterocycles. The number of amides is 2. The van der Waals surface area contributed by atoms with Crippen LogP contribution in [0.1, 0.15) is 56.6 Å². The number of nitrogens with zero attached hydrogens (tertiary/aromatic N) is 1. The predicted octanol–water partition coefficient (Wildman–Crippen LogP) is 3.70. The molecule has 130 valence electrons. The lowest BCUT2D eigenvalue weighted by atomic mass is 9.89. The van der Waals surface area contributed by atoms with Gasteiger partial charge in [0.2, 0.25) is 11.8 Å². The first-order valence-electron chi connectivity index (χ1n) is 8.65. The topological polar surface area (TPSA) is 70.6 Å². The molecule has 0 aliphatic heterocycles. The van der Waals surface area contributed by atoms with Crippen LogP contribution in [0.4, 0.5) is 5.69 Å². The van der Waals surface area contributed by atoms with Gasteiger partial charge in [0.15, 0.2) is 0 Å². The Morgan fingerprint density at radius 1 is 1.21 bits per heavy atom. The smallest absolute Gasteiger partial charge is 0.240 e. The number of benzene rings is 1. The lowest BCUT2D eigenvalue weighted by Gasteiger charge is -2.18. The Morgan fingerprint density at radius 2 is 1.96 bits per heavy atom. The maximum atomic E-state index is 12.0. The van der Waals surface area contributed by atoms with E-state index >= 15 is 0 Å². The zero-order valence-electron chi connectivity index (χ0n) is 14.8. The quantitative estimate of drug-likeness (QED) is 0.809. The Hall–Kier alpha value is -2.17. The van der Waals surface area contributed by atoms with Gasteiger partial charge in [0.1, 0.15) is 0 Å². The molecule has 2 amide bonds. The largest absolute Gasteiger partial charge is 0.326 e. The van der Waals surface area contributed by atoms with Crippen molar-refractivity contribution < 1.29 is 9.59 Å². The third-order valence-electron chi connectivity index (χ3n) is 4.32. The predicted molar refractivity (Wildman–Crippen MR) is 97.0 cm³/mol. The van der Waals surface area contributed by atoms with Gasteiger partial charge in [-0.2, -0.15) is 5.10 Å². The Morgan fingerprint density at radius 3 is 2.67 bits per heavy atom. The van der Waals surface area contributed by atoms with Crippen LogP contribution in [0.3, 0.4) is 0 Å². The van der Waals surface area contributed by atoms with Gasteiger partial charge in [-0.3, -0.25) is 9.59 Å². The molecule has 1 saturated carbocycles. The van der Waals surface area contributed by atoms with Gasteiger partial charge in [0.25, 0.3) is 0 Å². The minimum absolute atomic E-state index is 0.142. The monoisotopic (exact) mass is 329 g/mol. The number of carbonyl (C=O) groups is 2. The zero-order valence-corrected chi connectivity index (χ0v) is 14.8. The lowest BCUT2D eigenvalue weighted by Crippen LogP contribution is -2.23. The van der Waals surface area contributed by atoms with Gasteiger partial charge in [-0.05, 0) is 57.1 Å². The van der Waals surface area contributed by atoms with E-state index in [2.05, 4.69) is 22.8 Å². The first-order valence-corrected chi connectivity index (χ1v) is 8.65. The molecular formula is C19H27N3O2. The van der Waals surface area contributed by atoms with E-state index in [4.69, 9.17) is 0 Å². The minimum atomic E-state index is -0.212. The molecule has 0 radical (unpaired) electrons. The van der Waals surface area contributed by atoms with Gasteiger partial charge < -0.3 is 5.32 Å². The molecule has 0 spiro atoms. The molecule has 1 aromatic rings. The zero-order chi connectivity index (χ0) is 17.5. The summed E-state index contributed by atoms with van der Waals surface area (Å²) in [7, 11) is 0. The van der Waals surface area contributed by atoms with Gasteiger partial charge in [0.05, 0.1) is 0 Å². The summed E-state index contributed by atoms with van der Waals surface area (Å²) in [6.45, 7) is 6.17. The fourth-order valence-corrected chi connectivity index (χ4v) is 2.95. The van der Waals surface area contributed by atoms with E-state index in [1.165, 1.54) is 6.42 Å². The Kier molecular flexibility index (Phi) is 6.53. The van der Waals surface area contributed by atoms with E-state index in [1.807, 2.05) is 32.0 Å². The maximum Gasteiger partial charge on any atom is 0.240 e. The highest BCUT2D eigenvalue weighted by Crippen LogP contribution is 2.21. The number of rotatable bonds is 5. The summed E-state index contributed by atoms with van der Waals surface area (Å²) >= 11 is 0. The lowest BCUT2D eigenvalue weighted by molar-refractivity contribution is -0.124. The highest BCUT2D eigenvalue weighted by molar-refractivity contribution is 5.94. The summed E-state index contributed by atoms with van der Waals surface area (Å²) in [6.07, 6.45) is 4.56. The van der Waals surface area contributed by atoms with Crippen molar-refractivity contribution >= 4 is 23.2 Å². The van der Waals surface area contributed by atoms with Gasteiger partial charge >= 0.3 is 0 Å². The molecule has 1 fully saturated rings. The average molecular weight is 329 g/mol. The van der Waals surface area contributed by atoms with Gasteiger partial charge in [0, 0.05) is 24.2 Å². The van der Waals surface area contributed by atoms with Crippen molar-refractivity contribution in [2.45, 2.75) is 59.3 Å². The Labute approximate surface area is 143 Å². The molecule has 5 nitrogen and oxygen atoms in total. The van der Waals surface area contributed by atoms with Crippen LogP contribution in [0.25, 0.3) is 0 Å². The van der Waals surface area contributed by atoms with Crippen LogP contribution in [0, 0.1) is 19.8 Å². The van der Waals surface area contributed by atoms with E-state index in [-0.39, 0.29) is 24.7 Å². The standard InChI is InChI=1S/C19H27N3O2/c1-13-5-4-6-16(12-13)21-22-19(24)10-9-18(23)20-17-8-7-14(2)11-15(17)3/h7-8,11,13H,4-6,9-10,12H2,1-3H3,(H,20,23)(H,22,24)/b21-16-/t13-/m1/s1. The fourth-order valence-electron chi connectivity index (χ4n) is 2.95. The van der Waals surface area contributed by atoms with Crippen LogP contribution in [0.2, 0.25) is 0 Å². The van der Waals surface area contributed by atoms with E-state index in [1.54, 1.807) is 0 Å². The molecule has 1 aliphatic carbocycles. The van der Waals surface area contributed by atoms with Crippen LogP contribution in [0.5, 0.6) is 0 Å². The van der Waals surface area contributed by atoms with Gasteiger partial charge in [-0.25, -0.2) is 5.43 Å². The molecule has 1 aromatic carbocycles.